The molecule has 29 heavy (non-hydrogen) atoms. The quantitative estimate of drug-likeness (QED) is 0.411. The third kappa shape index (κ3) is 4.12. The molecule has 2 aromatic carbocycles. The number of carbonyl (C=O) groups excluding carboxylic acids is 1. The molecule has 8 nitrogen and oxygen atoms in total. The van der Waals surface area contributed by atoms with Crippen LogP contribution in [-0.2, 0) is 11.3 Å². The number of halogens is 1. The van der Waals surface area contributed by atoms with Gasteiger partial charge in [0.05, 0.1) is 12.7 Å². The first-order chi connectivity index (χ1) is 14.1. The minimum absolute atomic E-state index is 0.376. The molecule has 0 unspecified atom stereocenters. The fourth-order valence-electron chi connectivity index (χ4n) is 2.90. The van der Waals surface area contributed by atoms with Crippen molar-refractivity contribution in [2.75, 3.05) is 17.7 Å². The molecule has 2 heterocycles. The molecule has 0 aliphatic heterocycles. The van der Waals surface area contributed by atoms with E-state index in [0.717, 1.165) is 16.6 Å². The Labute approximate surface area is 171 Å². The van der Waals surface area contributed by atoms with Crippen molar-refractivity contribution in [1.29, 1.82) is 0 Å². The van der Waals surface area contributed by atoms with Crippen LogP contribution in [0.15, 0.2) is 54.9 Å². The summed E-state index contributed by atoms with van der Waals surface area (Å²) >= 11 is 6.07. The number of aromatic nitrogens is 4. The zero-order valence-electron chi connectivity index (χ0n) is 15.4. The number of methoxy groups -OCH3 is 1. The molecule has 0 radical (unpaired) electrons. The topological polar surface area (TPSA) is 105 Å². The van der Waals surface area contributed by atoms with E-state index in [1.807, 2.05) is 18.2 Å². The Morgan fingerprint density at radius 3 is 2.83 bits per heavy atom. The Hall–Kier alpha value is -3.65. The number of ether oxygens (including phenoxy) is 1. The number of carbonyl (C=O) groups is 1. The van der Waals surface area contributed by atoms with Gasteiger partial charge in [-0.15, -0.1) is 0 Å². The van der Waals surface area contributed by atoms with Crippen molar-refractivity contribution in [2.24, 2.45) is 0 Å². The lowest BCUT2D eigenvalue weighted by Crippen LogP contribution is -2.05. The normalized spacial score (nSPS) is 10.7. The third-order valence-electron chi connectivity index (χ3n) is 4.25. The number of nitrogens with zero attached hydrogens (tertiary/aromatic N) is 3. The van der Waals surface area contributed by atoms with Crippen molar-refractivity contribution in [3.05, 3.63) is 71.0 Å². The molecule has 0 saturated carbocycles. The van der Waals surface area contributed by atoms with Crippen LogP contribution in [0, 0.1) is 0 Å². The van der Waals surface area contributed by atoms with Gasteiger partial charge in [0.15, 0.2) is 11.5 Å². The molecule has 2 aromatic heterocycles. The average molecular weight is 409 g/mol. The van der Waals surface area contributed by atoms with Crippen LogP contribution < -0.4 is 10.6 Å². The largest absolute Gasteiger partial charge is 0.465 e. The number of fused-ring (bicyclic) bond motifs is 1. The highest BCUT2D eigenvalue weighted by Crippen LogP contribution is 2.29. The van der Waals surface area contributed by atoms with Crippen LogP contribution in [0.3, 0.4) is 0 Å². The van der Waals surface area contributed by atoms with Gasteiger partial charge in [0.2, 0.25) is 0 Å². The minimum Gasteiger partial charge on any atom is -0.465 e. The number of esters is 1. The lowest BCUT2D eigenvalue weighted by molar-refractivity contribution is 0.0600. The Bertz CT molecular complexity index is 1180. The summed E-state index contributed by atoms with van der Waals surface area (Å²) < 4.78 is 4.77. The standard InChI is InChI=1S/C20H17ClN6O2/c1-29-20(28)13-5-2-4-12(8-13)10-22-18-16-17(23-11-24-19(16)27-26-18)25-15-7-3-6-14(21)9-15/h2-9,11H,10H2,1H3,(H3,22,23,24,25,26,27). The predicted octanol–water partition coefficient (Wildman–Crippen LogP) is 4.15. The SMILES string of the molecule is COC(=O)c1cccc(CNc2n[nH]c3ncnc(Nc4cccc(Cl)c4)c23)c1. The van der Waals surface area contributed by atoms with Gasteiger partial charge >= 0.3 is 5.97 Å². The number of aromatic amines is 1. The smallest absolute Gasteiger partial charge is 0.337 e. The van der Waals surface area contributed by atoms with Gasteiger partial charge in [0.25, 0.3) is 0 Å². The van der Waals surface area contributed by atoms with Crippen LogP contribution in [-0.4, -0.2) is 33.2 Å². The number of anilines is 3. The highest BCUT2D eigenvalue weighted by atomic mass is 35.5. The number of benzene rings is 2. The van der Waals surface area contributed by atoms with Gasteiger partial charge in [-0.3, -0.25) is 5.10 Å². The Balaban J connectivity index is 1.59. The maximum atomic E-state index is 11.7. The van der Waals surface area contributed by atoms with Crippen molar-refractivity contribution >= 4 is 45.9 Å². The Morgan fingerprint density at radius 2 is 2.00 bits per heavy atom. The zero-order valence-corrected chi connectivity index (χ0v) is 16.2. The van der Waals surface area contributed by atoms with E-state index in [9.17, 15) is 4.79 Å². The Kier molecular flexibility index (Phi) is 5.26. The Morgan fingerprint density at radius 1 is 1.14 bits per heavy atom. The summed E-state index contributed by atoms with van der Waals surface area (Å²) in [5, 5.41) is 15.1. The van der Waals surface area contributed by atoms with Crippen molar-refractivity contribution in [1.82, 2.24) is 20.2 Å². The first-order valence-corrected chi connectivity index (χ1v) is 9.14. The summed E-state index contributed by atoms with van der Waals surface area (Å²) in [6, 6.07) is 14.6. The molecule has 0 saturated heterocycles. The number of H-pyrrole nitrogens is 1. The summed E-state index contributed by atoms with van der Waals surface area (Å²) in [6.45, 7) is 0.455. The molecule has 0 aliphatic carbocycles. The fourth-order valence-corrected chi connectivity index (χ4v) is 3.09. The zero-order chi connectivity index (χ0) is 20.2. The molecule has 0 spiro atoms. The second-order valence-corrected chi connectivity index (χ2v) is 6.64. The van der Waals surface area contributed by atoms with Crippen molar-refractivity contribution in [2.45, 2.75) is 6.54 Å². The molecule has 146 valence electrons. The van der Waals surface area contributed by atoms with Crippen LogP contribution in [0.5, 0.6) is 0 Å². The van der Waals surface area contributed by atoms with Gasteiger partial charge in [-0.2, -0.15) is 5.10 Å². The fraction of sp³-hybridized carbons (Fsp3) is 0.100. The highest BCUT2D eigenvalue weighted by molar-refractivity contribution is 6.30. The minimum atomic E-state index is -0.376. The van der Waals surface area contributed by atoms with Crippen LogP contribution in [0.2, 0.25) is 5.02 Å². The number of hydrogen-bond acceptors (Lipinski definition) is 7. The first-order valence-electron chi connectivity index (χ1n) is 8.77. The molecule has 3 N–H and O–H groups in total. The van der Waals surface area contributed by atoms with E-state index in [1.165, 1.54) is 13.4 Å². The highest BCUT2D eigenvalue weighted by Gasteiger charge is 2.13. The molecule has 0 aliphatic rings. The van der Waals surface area contributed by atoms with Crippen molar-refractivity contribution in [3.8, 4) is 0 Å². The van der Waals surface area contributed by atoms with Gasteiger partial charge in [0.1, 0.15) is 17.5 Å². The molecule has 4 aromatic rings. The summed E-state index contributed by atoms with van der Waals surface area (Å²) in [4.78, 5) is 20.3. The number of rotatable bonds is 6. The van der Waals surface area contributed by atoms with Gasteiger partial charge in [-0.05, 0) is 35.9 Å². The molecular weight excluding hydrogens is 392 g/mol. The van der Waals surface area contributed by atoms with E-state index in [0.29, 0.717) is 34.4 Å². The van der Waals surface area contributed by atoms with Crippen LogP contribution in [0.25, 0.3) is 11.0 Å². The van der Waals surface area contributed by atoms with Gasteiger partial charge < -0.3 is 15.4 Å². The number of nitrogens with one attached hydrogen (secondary N) is 3. The van der Waals surface area contributed by atoms with E-state index in [1.54, 1.807) is 30.3 Å². The van der Waals surface area contributed by atoms with Gasteiger partial charge in [-0.1, -0.05) is 29.8 Å². The van der Waals surface area contributed by atoms with Gasteiger partial charge in [0, 0.05) is 17.3 Å². The average Bonchev–Trinajstić information content (AvgIpc) is 3.16. The molecule has 9 heteroatoms. The van der Waals surface area contributed by atoms with Crippen LogP contribution >= 0.6 is 11.6 Å². The lowest BCUT2D eigenvalue weighted by Gasteiger charge is -2.09. The maximum absolute atomic E-state index is 11.7. The predicted molar refractivity (Wildman–Crippen MR) is 112 cm³/mol. The van der Waals surface area contributed by atoms with E-state index < -0.39 is 0 Å². The number of hydrogen-bond donors (Lipinski definition) is 3. The third-order valence-corrected chi connectivity index (χ3v) is 4.49. The molecule has 4 rings (SSSR count). The molecule has 0 bridgehead atoms. The van der Waals surface area contributed by atoms with E-state index >= 15 is 0 Å². The first kappa shape index (κ1) is 18.7. The summed E-state index contributed by atoms with van der Waals surface area (Å²) in [5.74, 6) is 0.809. The van der Waals surface area contributed by atoms with E-state index in [-0.39, 0.29) is 5.97 Å². The molecule has 0 atom stereocenters. The van der Waals surface area contributed by atoms with Gasteiger partial charge in [-0.25, -0.2) is 14.8 Å². The van der Waals surface area contributed by atoms with Crippen LogP contribution in [0.4, 0.5) is 17.3 Å². The molecule has 0 amide bonds. The van der Waals surface area contributed by atoms with Crippen molar-refractivity contribution in [3.63, 3.8) is 0 Å². The molecule has 0 fully saturated rings. The monoisotopic (exact) mass is 408 g/mol. The maximum Gasteiger partial charge on any atom is 0.337 e. The summed E-state index contributed by atoms with van der Waals surface area (Å²) in [6.07, 6.45) is 1.46. The second-order valence-electron chi connectivity index (χ2n) is 6.20. The van der Waals surface area contributed by atoms with E-state index in [4.69, 9.17) is 16.3 Å². The van der Waals surface area contributed by atoms with Crippen molar-refractivity contribution < 1.29 is 9.53 Å². The lowest BCUT2D eigenvalue weighted by atomic mass is 10.1. The van der Waals surface area contributed by atoms with E-state index in [2.05, 4.69) is 30.8 Å². The summed E-state index contributed by atoms with van der Waals surface area (Å²) in [5.41, 5.74) is 2.79. The van der Waals surface area contributed by atoms with Crippen LogP contribution in [0.1, 0.15) is 15.9 Å². The summed E-state index contributed by atoms with van der Waals surface area (Å²) in [7, 11) is 1.36. The molecular formula is C20H17ClN6O2. The second kappa shape index (κ2) is 8.15.